The molecule has 0 bridgehead atoms. The number of nitrogens with two attached hydrogens (primary N) is 1. The van der Waals surface area contributed by atoms with Crippen LogP contribution in [0.4, 0.5) is 17.6 Å². The van der Waals surface area contributed by atoms with Gasteiger partial charge in [-0.1, -0.05) is 23.2 Å². The van der Waals surface area contributed by atoms with E-state index in [1.165, 1.54) is 18.2 Å². The van der Waals surface area contributed by atoms with Crippen LogP contribution >= 0.6 is 23.2 Å². The molecule has 144 valence electrons. The Hall–Kier alpha value is -1.76. The van der Waals surface area contributed by atoms with Crippen LogP contribution in [0.1, 0.15) is 24.0 Å². The number of aromatic nitrogens is 1. The number of benzene rings is 2. The summed E-state index contributed by atoms with van der Waals surface area (Å²) in [6, 6.07) is 6.18. The Labute approximate surface area is 163 Å². The van der Waals surface area contributed by atoms with E-state index in [2.05, 4.69) is 4.98 Å². The number of alkyl halides is 3. The van der Waals surface area contributed by atoms with Gasteiger partial charge in [0.15, 0.2) is 0 Å². The maximum Gasteiger partial charge on any atom is 0.418 e. The first-order chi connectivity index (χ1) is 12.7. The fourth-order valence-electron chi connectivity index (χ4n) is 3.17. The molecule has 3 N–H and O–H groups in total. The molecule has 3 aromatic rings. The quantitative estimate of drug-likeness (QED) is 0.356. The van der Waals surface area contributed by atoms with E-state index < -0.39 is 17.6 Å². The minimum Gasteiger partial charge on any atom is -0.354 e. The maximum absolute atomic E-state index is 13.5. The van der Waals surface area contributed by atoms with E-state index in [0.29, 0.717) is 41.6 Å². The van der Waals surface area contributed by atoms with Gasteiger partial charge >= 0.3 is 6.18 Å². The first-order valence-electron chi connectivity index (χ1n) is 8.29. The average molecular weight is 419 g/mol. The Morgan fingerprint density at radius 2 is 1.78 bits per heavy atom. The third kappa shape index (κ3) is 4.08. The number of aromatic amines is 1. The normalized spacial score (nSPS) is 12.1. The zero-order valence-corrected chi connectivity index (χ0v) is 15.6. The molecule has 0 saturated carbocycles. The Bertz CT molecular complexity index is 980. The van der Waals surface area contributed by atoms with E-state index in [0.717, 1.165) is 18.6 Å². The van der Waals surface area contributed by atoms with Gasteiger partial charge in [-0.25, -0.2) is 4.39 Å². The van der Waals surface area contributed by atoms with Crippen LogP contribution in [0.15, 0.2) is 30.3 Å². The van der Waals surface area contributed by atoms with Gasteiger partial charge < -0.3 is 10.7 Å². The molecule has 0 aliphatic rings. The third-order valence-electron chi connectivity index (χ3n) is 4.37. The van der Waals surface area contributed by atoms with Crippen molar-refractivity contribution in [2.24, 2.45) is 5.73 Å². The highest BCUT2D eigenvalue weighted by Gasteiger charge is 2.34. The molecule has 0 amide bonds. The number of rotatable bonds is 5. The molecular formula is C19H16Cl2F4N2. The molecule has 0 unspecified atom stereocenters. The molecule has 0 fully saturated rings. The van der Waals surface area contributed by atoms with Crippen molar-refractivity contribution in [2.45, 2.75) is 25.4 Å². The van der Waals surface area contributed by atoms with Gasteiger partial charge in [0, 0.05) is 16.0 Å². The van der Waals surface area contributed by atoms with Crippen LogP contribution in [-0.2, 0) is 12.6 Å². The highest BCUT2D eigenvalue weighted by Crippen LogP contribution is 2.42. The molecule has 1 heterocycles. The predicted molar refractivity (Wildman–Crippen MR) is 101 cm³/mol. The van der Waals surface area contributed by atoms with Gasteiger partial charge in [0.1, 0.15) is 5.82 Å². The topological polar surface area (TPSA) is 41.8 Å². The number of aryl methyl sites for hydroxylation is 1. The first kappa shape index (κ1) is 20.0. The van der Waals surface area contributed by atoms with Crippen LogP contribution < -0.4 is 5.73 Å². The third-order valence-corrected chi connectivity index (χ3v) is 4.90. The fourth-order valence-corrected chi connectivity index (χ4v) is 3.65. The van der Waals surface area contributed by atoms with Gasteiger partial charge in [-0.05, 0) is 61.7 Å². The molecule has 8 heteroatoms. The van der Waals surface area contributed by atoms with Gasteiger partial charge in [-0.2, -0.15) is 13.2 Å². The molecule has 0 aliphatic heterocycles. The van der Waals surface area contributed by atoms with Gasteiger partial charge in [-0.15, -0.1) is 0 Å². The fraction of sp³-hybridized carbons (Fsp3) is 0.263. The van der Waals surface area contributed by atoms with E-state index in [1.807, 2.05) is 0 Å². The zero-order valence-electron chi connectivity index (χ0n) is 14.1. The van der Waals surface area contributed by atoms with Gasteiger partial charge in [0.25, 0.3) is 0 Å². The number of hydrogen-bond acceptors (Lipinski definition) is 1. The summed E-state index contributed by atoms with van der Waals surface area (Å²) in [7, 11) is 0. The Balaban J connectivity index is 2.29. The lowest BCUT2D eigenvalue weighted by Gasteiger charge is -2.09. The Kier molecular flexibility index (Phi) is 5.70. The number of hydrogen-bond donors (Lipinski definition) is 2. The van der Waals surface area contributed by atoms with E-state index in [1.54, 1.807) is 0 Å². The Morgan fingerprint density at radius 3 is 2.41 bits per heavy atom. The smallest absolute Gasteiger partial charge is 0.354 e. The van der Waals surface area contributed by atoms with Crippen molar-refractivity contribution in [3.8, 4) is 11.3 Å². The standard InChI is InChI=1S/C19H16Cl2F4N2/c20-10-7-14-12(3-1-2-6-26)17(13-5-4-11(22)9-16(13)21)27-18(14)15(8-10)19(23,24)25/h4-5,7-9,27H,1-3,6,26H2. The minimum atomic E-state index is -4.58. The van der Waals surface area contributed by atoms with Gasteiger partial charge in [-0.3, -0.25) is 0 Å². The molecule has 0 aliphatic carbocycles. The summed E-state index contributed by atoms with van der Waals surface area (Å²) in [6.07, 6.45) is -2.69. The van der Waals surface area contributed by atoms with Crippen molar-refractivity contribution < 1.29 is 17.6 Å². The summed E-state index contributed by atoms with van der Waals surface area (Å²) >= 11 is 12.1. The van der Waals surface area contributed by atoms with Crippen LogP contribution in [-0.4, -0.2) is 11.5 Å². The van der Waals surface area contributed by atoms with E-state index in [4.69, 9.17) is 28.9 Å². The zero-order chi connectivity index (χ0) is 19.8. The summed E-state index contributed by atoms with van der Waals surface area (Å²) in [5.74, 6) is -0.524. The summed E-state index contributed by atoms with van der Waals surface area (Å²) in [4.78, 5) is 2.85. The van der Waals surface area contributed by atoms with Crippen LogP contribution in [0.3, 0.4) is 0 Å². The molecule has 0 spiro atoms. The van der Waals surface area contributed by atoms with Crippen molar-refractivity contribution in [2.75, 3.05) is 6.54 Å². The molecule has 3 rings (SSSR count). The van der Waals surface area contributed by atoms with Crippen LogP contribution in [0, 0.1) is 5.82 Å². The lowest BCUT2D eigenvalue weighted by molar-refractivity contribution is -0.136. The maximum atomic E-state index is 13.5. The van der Waals surface area contributed by atoms with E-state index in [9.17, 15) is 17.6 Å². The average Bonchev–Trinajstić information content (AvgIpc) is 2.92. The van der Waals surface area contributed by atoms with E-state index >= 15 is 0 Å². The summed E-state index contributed by atoms with van der Waals surface area (Å²) in [6.45, 7) is 0.476. The number of H-pyrrole nitrogens is 1. The SMILES string of the molecule is NCCCCc1c(-c2ccc(F)cc2Cl)[nH]c2c(C(F)(F)F)cc(Cl)cc12. The minimum absolute atomic E-state index is 0.00865. The first-order valence-corrected chi connectivity index (χ1v) is 9.04. The Morgan fingerprint density at radius 1 is 1.04 bits per heavy atom. The van der Waals surface area contributed by atoms with Gasteiger partial charge in [0.05, 0.1) is 21.8 Å². The largest absolute Gasteiger partial charge is 0.418 e. The molecular weight excluding hydrogens is 403 g/mol. The second kappa shape index (κ2) is 7.70. The predicted octanol–water partition coefficient (Wildman–Crippen LogP) is 6.58. The summed E-state index contributed by atoms with van der Waals surface area (Å²) in [5.41, 5.74) is 6.13. The van der Waals surface area contributed by atoms with Crippen molar-refractivity contribution in [1.29, 1.82) is 0 Å². The van der Waals surface area contributed by atoms with Crippen molar-refractivity contribution in [1.82, 2.24) is 4.98 Å². The van der Waals surface area contributed by atoms with Crippen molar-refractivity contribution in [3.63, 3.8) is 0 Å². The number of halogens is 6. The van der Waals surface area contributed by atoms with Crippen molar-refractivity contribution in [3.05, 3.63) is 57.3 Å². The summed E-state index contributed by atoms with van der Waals surface area (Å²) in [5, 5.41) is 0.481. The molecule has 0 saturated heterocycles. The second-order valence-electron chi connectivity index (χ2n) is 6.22. The lowest BCUT2D eigenvalue weighted by Crippen LogP contribution is -2.05. The van der Waals surface area contributed by atoms with Crippen molar-refractivity contribution >= 4 is 34.1 Å². The van der Waals surface area contributed by atoms with Crippen LogP contribution in [0.5, 0.6) is 0 Å². The molecule has 1 aromatic heterocycles. The summed E-state index contributed by atoms with van der Waals surface area (Å²) < 4.78 is 53.9. The molecule has 0 atom stereocenters. The van der Waals surface area contributed by atoms with E-state index in [-0.39, 0.29) is 15.6 Å². The number of fused-ring (bicyclic) bond motifs is 1. The highest BCUT2D eigenvalue weighted by molar-refractivity contribution is 6.33. The highest BCUT2D eigenvalue weighted by atomic mass is 35.5. The molecule has 0 radical (unpaired) electrons. The molecule has 2 nitrogen and oxygen atoms in total. The van der Waals surface area contributed by atoms with Crippen LogP contribution in [0.25, 0.3) is 22.2 Å². The number of nitrogens with one attached hydrogen (secondary N) is 1. The lowest BCUT2D eigenvalue weighted by atomic mass is 9.99. The second-order valence-corrected chi connectivity index (χ2v) is 7.07. The monoisotopic (exact) mass is 418 g/mol. The van der Waals surface area contributed by atoms with Gasteiger partial charge in [0.2, 0.25) is 0 Å². The van der Waals surface area contributed by atoms with Crippen LogP contribution in [0.2, 0.25) is 10.0 Å². The molecule has 2 aromatic carbocycles. The molecule has 27 heavy (non-hydrogen) atoms. The number of unbranched alkanes of at least 4 members (excludes halogenated alkanes) is 1.